The van der Waals surface area contributed by atoms with Crippen molar-refractivity contribution in [3.8, 4) is 17.2 Å². The number of rotatable bonds is 8. The maximum Gasteiger partial charge on any atom is 0.417 e. The molecule has 1 fully saturated rings. The van der Waals surface area contributed by atoms with Crippen molar-refractivity contribution in [1.82, 2.24) is 24.2 Å². The molecule has 3 aromatic heterocycles. The number of pyridine rings is 2. The van der Waals surface area contributed by atoms with Gasteiger partial charge < -0.3 is 15.2 Å². The Morgan fingerprint density at radius 2 is 1.79 bits per heavy atom. The first-order valence-corrected chi connectivity index (χ1v) is 14.9. The molecule has 0 unspecified atom stereocenters. The minimum absolute atomic E-state index is 0.126. The summed E-state index contributed by atoms with van der Waals surface area (Å²) >= 11 is 0. The van der Waals surface area contributed by atoms with Crippen LogP contribution in [0.4, 0.5) is 19.0 Å². The van der Waals surface area contributed by atoms with Crippen molar-refractivity contribution in [2.24, 2.45) is 0 Å². The number of sulfonamides is 1. The lowest BCUT2D eigenvalue weighted by molar-refractivity contribution is -0.137. The minimum Gasteiger partial charge on any atom is -0.367 e. The molecule has 0 bridgehead atoms. The quantitative estimate of drug-likeness (QED) is 0.302. The van der Waals surface area contributed by atoms with Gasteiger partial charge in [-0.3, -0.25) is 4.79 Å². The Morgan fingerprint density at radius 1 is 1.07 bits per heavy atom. The van der Waals surface area contributed by atoms with Crippen molar-refractivity contribution in [1.29, 1.82) is 5.26 Å². The van der Waals surface area contributed by atoms with Gasteiger partial charge in [-0.05, 0) is 48.7 Å². The van der Waals surface area contributed by atoms with Crippen molar-refractivity contribution in [3.63, 3.8) is 0 Å². The fourth-order valence-corrected chi connectivity index (χ4v) is 6.48. The number of anilines is 1. The Kier molecular flexibility index (Phi) is 8.38. The van der Waals surface area contributed by atoms with Crippen LogP contribution in [0.1, 0.15) is 30.9 Å². The molecular weight excluding hydrogens is 583 g/mol. The standard InChI is InChI=1S/C29H28F3N7O3S/c1-19(40)34-10-13-38-18-22(15-33)26-14-21(16-36-28(26)38)20-2-5-25(6-3-20)43(41,42)39-11-8-24(9-12-39)37-27-7-4-23(17-35-27)29(30,31)32/h2-7,14,16-18,24H,8-13H2,1H3,(H,34,40)(H,35,37). The Morgan fingerprint density at radius 3 is 2.40 bits per heavy atom. The molecule has 0 radical (unpaired) electrons. The van der Waals surface area contributed by atoms with Crippen LogP contribution in [-0.4, -0.2) is 58.8 Å². The van der Waals surface area contributed by atoms with Gasteiger partial charge in [0.25, 0.3) is 0 Å². The molecule has 1 aromatic carbocycles. The first-order chi connectivity index (χ1) is 20.5. The zero-order valence-corrected chi connectivity index (χ0v) is 23.9. The topological polar surface area (TPSA) is 133 Å². The first-order valence-electron chi connectivity index (χ1n) is 13.5. The average Bonchev–Trinajstić information content (AvgIpc) is 3.34. The third-order valence-electron chi connectivity index (χ3n) is 7.28. The van der Waals surface area contributed by atoms with E-state index < -0.39 is 21.8 Å². The van der Waals surface area contributed by atoms with Crippen molar-refractivity contribution in [2.45, 2.75) is 43.4 Å². The van der Waals surface area contributed by atoms with E-state index in [1.54, 1.807) is 24.5 Å². The number of nitrogens with zero attached hydrogens (tertiary/aromatic N) is 5. The molecule has 0 aliphatic carbocycles. The predicted molar refractivity (Wildman–Crippen MR) is 153 cm³/mol. The molecule has 2 N–H and O–H groups in total. The van der Waals surface area contributed by atoms with Gasteiger partial charge in [-0.15, -0.1) is 0 Å². The lowest BCUT2D eigenvalue weighted by atomic mass is 10.1. The lowest BCUT2D eigenvalue weighted by Gasteiger charge is -2.32. The average molecular weight is 612 g/mol. The SMILES string of the molecule is CC(=O)NCCn1cc(C#N)c2cc(-c3ccc(S(=O)(=O)N4CCC(Nc5ccc(C(F)(F)F)cn5)CC4)cc3)cnc21. The summed E-state index contributed by atoms with van der Waals surface area (Å²) in [6.45, 7) is 2.78. The number of carbonyl (C=O) groups is 1. The zero-order valence-electron chi connectivity index (χ0n) is 23.1. The number of benzene rings is 1. The van der Waals surface area contributed by atoms with Crippen LogP contribution >= 0.6 is 0 Å². The van der Waals surface area contributed by atoms with Gasteiger partial charge in [0.15, 0.2) is 0 Å². The van der Waals surface area contributed by atoms with Gasteiger partial charge in [0.05, 0.1) is 16.0 Å². The van der Waals surface area contributed by atoms with Crippen LogP contribution in [0.15, 0.2) is 66.0 Å². The van der Waals surface area contributed by atoms with Gasteiger partial charge in [0.2, 0.25) is 15.9 Å². The predicted octanol–water partition coefficient (Wildman–Crippen LogP) is 4.39. The number of halogens is 3. The number of aromatic nitrogens is 3. The molecule has 1 aliphatic rings. The van der Waals surface area contributed by atoms with Crippen LogP contribution in [0.3, 0.4) is 0 Å². The summed E-state index contributed by atoms with van der Waals surface area (Å²) < 4.78 is 68.2. The number of piperidine rings is 1. The van der Waals surface area contributed by atoms with Gasteiger partial charge >= 0.3 is 6.18 Å². The molecule has 10 nitrogen and oxygen atoms in total. The second-order valence-electron chi connectivity index (χ2n) is 10.2. The lowest BCUT2D eigenvalue weighted by Crippen LogP contribution is -2.42. The highest BCUT2D eigenvalue weighted by molar-refractivity contribution is 7.89. The second-order valence-corrected chi connectivity index (χ2v) is 12.1. The van der Waals surface area contributed by atoms with Crippen molar-refractivity contribution in [2.75, 3.05) is 25.0 Å². The Hall–Kier alpha value is -4.48. The molecule has 5 rings (SSSR count). The van der Waals surface area contributed by atoms with E-state index in [9.17, 15) is 31.6 Å². The Balaban J connectivity index is 1.24. The monoisotopic (exact) mass is 611 g/mol. The van der Waals surface area contributed by atoms with Crippen LogP contribution in [-0.2, 0) is 27.5 Å². The highest BCUT2D eigenvalue weighted by Crippen LogP contribution is 2.30. The summed E-state index contributed by atoms with van der Waals surface area (Å²) in [5, 5.41) is 16.1. The van der Waals surface area contributed by atoms with Gasteiger partial charge in [-0.1, -0.05) is 12.1 Å². The zero-order chi connectivity index (χ0) is 30.8. The molecule has 0 atom stereocenters. The van der Waals surface area contributed by atoms with E-state index in [1.807, 2.05) is 10.6 Å². The Labute approximate surface area is 246 Å². The minimum atomic E-state index is -4.46. The molecule has 4 aromatic rings. The number of nitriles is 1. The third kappa shape index (κ3) is 6.63. The van der Waals surface area contributed by atoms with Crippen molar-refractivity contribution in [3.05, 3.63) is 72.2 Å². The molecule has 4 heterocycles. The molecule has 14 heteroatoms. The van der Waals surface area contributed by atoms with E-state index in [-0.39, 0.29) is 29.9 Å². The summed E-state index contributed by atoms with van der Waals surface area (Å²) in [5.74, 6) is 0.162. The number of hydrogen-bond donors (Lipinski definition) is 2. The Bertz CT molecular complexity index is 1770. The number of carbonyl (C=O) groups excluding carboxylic acids is 1. The highest BCUT2D eigenvalue weighted by atomic mass is 32.2. The number of hydrogen-bond acceptors (Lipinski definition) is 7. The summed E-state index contributed by atoms with van der Waals surface area (Å²) in [4.78, 5) is 19.7. The summed E-state index contributed by atoms with van der Waals surface area (Å²) in [6, 6.07) is 12.6. The van der Waals surface area contributed by atoms with Crippen molar-refractivity contribution < 1.29 is 26.4 Å². The highest BCUT2D eigenvalue weighted by Gasteiger charge is 2.32. The molecule has 1 saturated heterocycles. The molecule has 1 amide bonds. The van der Waals surface area contributed by atoms with E-state index in [0.29, 0.717) is 48.3 Å². The molecular formula is C29H28F3N7O3S. The van der Waals surface area contributed by atoms with E-state index in [2.05, 4.69) is 26.7 Å². The fourth-order valence-electron chi connectivity index (χ4n) is 5.01. The van der Waals surface area contributed by atoms with Crippen LogP contribution in [0.25, 0.3) is 22.2 Å². The number of alkyl halides is 3. The summed E-state index contributed by atoms with van der Waals surface area (Å²) in [7, 11) is -3.76. The molecule has 43 heavy (non-hydrogen) atoms. The van der Waals surface area contributed by atoms with Crippen molar-refractivity contribution >= 4 is 32.8 Å². The van der Waals surface area contributed by atoms with Crippen LogP contribution < -0.4 is 10.6 Å². The normalized spacial score (nSPS) is 14.9. The number of nitrogens with one attached hydrogen (secondary N) is 2. The van der Waals surface area contributed by atoms with Crippen LogP contribution in [0.2, 0.25) is 0 Å². The largest absolute Gasteiger partial charge is 0.417 e. The fraction of sp³-hybridized carbons (Fsp3) is 0.310. The maximum absolute atomic E-state index is 13.3. The van der Waals surface area contributed by atoms with E-state index >= 15 is 0 Å². The smallest absolute Gasteiger partial charge is 0.367 e. The van der Waals surface area contributed by atoms with E-state index in [0.717, 1.165) is 23.4 Å². The first kappa shape index (κ1) is 30.0. The maximum atomic E-state index is 13.3. The molecule has 0 spiro atoms. The molecule has 224 valence electrons. The second kappa shape index (κ2) is 12.0. The van der Waals surface area contributed by atoms with E-state index in [4.69, 9.17) is 0 Å². The van der Waals surface area contributed by atoms with Crippen LogP contribution in [0.5, 0.6) is 0 Å². The molecule has 1 aliphatic heterocycles. The van der Waals surface area contributed by atoms with Gasteiger partial charge in [-0.2, -0.15) is 22.7 Å². The van der Waals surface area contributed by atoms with Gasteiger partial charge in [0.1, 0.15) is 17.5 Å². The van der Waals surface area contributed by atoms with Crippen LogP contribution in [0, 0.1) is 11.3 Å². The van der Waals surface area contributed by atoms with Gasteiger partial charge in [0, 0.05) is 68.7 Å². The van der Waals surface area contributed by atoms with E-state index in [1.165, 1.54) is 29.4 Å². The van der Waals surface area contributed by atoms with Gasteiger partial charge in [-0.25, -0.2) is 18.4 Å². The number of amides is 1. The summed E-state index contributed by atoms with van der Waals surface area (Å²) in [5.41, 5.74) is 1.67. The number of fused-ring (bicyclic) bond motifs is 1. The molecule has 0 saturated carbocycles. The third-order valence-corrected chi connectivity index (χ3v) is 9.20. The summed E-state index contributed by atoms with van der Waals surface area (Å²) in [6.07, 6.45) is 0.601.